The van der Waals surface area contributed by atoms with Gasteiger partial charge in [0.15, 0.2) is 11.6 Å². The normalized spacial score (nSPS) is 16.8. The third-order valence-electron chi connectivity index (χ3n) is 6.13. The van der Waals surface area contributed by atoms with E-state index >= 15 is 0 Å². The molecular formula is C22H18F3N5O4S. The summed E-state index contributed by atoms with van der Waals surface area (Å²) < 4.78 is 75.4. The van der Waals surface area contributed by atoms with Crippen molar-refractivity contribution in [2.24, 2.45) is 5.41 Å². The lowest BCUT2D eigenvalue weighted by atomic mass is 10.0. The van der Waals surface area contributed by atoms with Gasteiger partial charge in [-0.15, -0.1) is 0 Å². The van der Waals surface area contributed by atoms with Gasteiger partial charge in [0.2, 0.25) is 0 Å². The molecule has 1 saturated carbocycles. The number of fused-ring (bicyclic) bond motifs is 1. The minimum atomic E-state index is -3.95. The number of ether oxygens (including phenoxy) is 1. The first-order valence-corrected chi connectivity index (χ1v) is 12.0. The molecule has 0 unspecified atom stereocenters. The highest BCUT2D eigenvalue weighted by Crippen LogP contribution is 2.53. The Morgan fingerprint density at radius 1 is 1.23 bits per heavy atom. The molecule has 1 saturated heterocycles. The Kier molecular flexibility index (Phi) is 5.45. The Morgan fingerprint density at radius 3 is 2.63 bits per heavy atom. The van der Waals surface area contributed by atoms with Gasteiger partial charge in [0.05, 0.1) is 29.5 Å². The topological polar surface area (TPSA) is 117 Å². The molecule has 3 aromatic rings. The third-order valence-corrected chi connectivity index (χ3v) is 7.55. The third kappa shape index (κ3) is 4.30. The fourth-order valence-electron chi connectivity index (χ4n) is 4.02. The quantitative estimate of drug-likeness (QED) is 0.527. The molecule has 35 heavy (non-hydrogen) atoms. The van der Waals surface area contributed by atoms with Gasteiger partial charge >= 0.3 is 10.2 Å². The van der Waals surface area contributed by atoms with Crippen LogP contribution in [0.15, 0.2) is 41.5 Å². The number of alkyl halides is 2. The Bertz CT molecular complexity index is 1540. The molecule has 2 fully saturated rings. The summed E-state index contributed by atoms with van der Waals surface area (Å²) in [5, 5.41) is 9.61. The molecule has 1 spiro atoms. The zero-order chi connectivity index (χ0) is 25.0. The van der Waals surface area contributed by atoms with Crippen molar-refractivity contribution >= 4 is 26.8 Å². The molecule has 2 aliphatic rings. The summed E-state index contributed by atoms with van der Waals surface area (Å²) in [7, 11) is -3.95. The van der Waals surface area contributed by atoms with E-state index in [0.717, 1.165) is 35.9 Å². The van der Waals surface area contributed by atoms with E-state index in [1.54, 1.807) is 6.07 Å². The predicted molar refractivity (Wildman–Crippen MR) is 119 cm³/mol. The van der Waals surface area contributed by atoms with Gasteiger partial charge in [0, 0.05) is 13.1 Å². The van der Waals surface area contributed by atoms with Crippen LogP contribution in [0.5, 0.6) is 11.5 Å². The number of nitrogens with zero attached hydrogens (tertiary/aromatic N) is 4. The van der Waals surface area contributed by atoms with Crippen LogP contribution in [0.1, 0.15) is 18.4 Å². The van der Waals surface area contributed by atoms with Gasteiger partial charge in [-0.25, -0.2) is 18.2 Å². The SMILES string of the molecule is N#Cc1c(NS(=O)(=O)N2CC3(CC3)C2)ccc(F)c1Oc1ccc2ncn(CC(F)F)c(=O)c2c1. The summed E-state index contributed by atoms with van der Waals surface area (Å²) in [6, 6.07) is 7.77. The van der Waals surface area contributed by atoms with E-state index in [1.807, 2.05) is 0 Å². The number of aromatic nitrogens is 2. The first kappa shape index (κ1) is 23.1. The second-order valence-corrected chi connectivity index (χ2v) is 10.3. The van der Waals surface area contributed by atoms with Crippen LogP contribution in [0, 0.1) is 22.6 Å². The van der Waals surface area contributed by atoms with Crippen LogP contribution in [0.2, 0.25) is 0 Å². The first-order chi connectivity index (χ1) is 16.6. The van der Waals surface area contributed by atoms with Crippen molar-refractivity contribution in [3.8, 4) is 17.6 Å². The lowest BCUT2D eigenvalue weighted by molar-refractivity contribution is 0.125. The average molecular weight is 505 g/mol. The maximum atomic E-state index is 14.7. The molecule has 9 nitrogen and oxygen atoms in total. The molecule has 0 bridgehead atoms. The summed E-state index contributed by atoms with van der Waals surface area (Å²) in [5.41, 5.74) is -1.02. The summed E-state index contributed by atoms with van der Waals surface area (Å²) in [4.78, 5) is 16.5. The van der Waals surface area contributed by atoms with Crippen LogP contribution in [-0.4, -0.2) is 41.8 Å². The maximum Gasteiger partial charge on any atom is 0.301 e. The molecule has 0 atom stereocenters. The highest BCUT2D eigenvalue weighted by atomic mass is 32.2. The predicted octanol–water partition coefficient (Wildman–Crippen LogP) is 3.22. The van der Waals surface area contributed by atoms with E-state index in [4.69, 9.17) is 4.74 Å². The van der Waals surface area contributed by atoms with Crippen LogP contribution in [-0.2, 0) is 16.8 Å². The summed E-state index contributed by atoms with van der Waals surface area (Å²) in [6.45, 7) is -0.0631. The van der Waals surface area contributed by atoms with Gasteiger partial charge < -0.3 is 4.74 Å². The molecule has 5 rings (SSSR count). The van der Waals surface area contributed by atoms with Crippen LogP contribution < -0.4 is 15.0 Å². The maximum absolute atomic E-state index is 14.7. The zero-order valence-corrected chi connectivity index (χ0v) is 18.9. The van der Waals surface area contributed by atoms with Crippen LogP contribution >= 0.6 is 0 Å². The Labute approximate surface area is 197 Å². The second kappa shape index (κ2) is 8.24. The fourth-order valence-corrected chi connectivity index (χ4v) is 5.48. The minimum absolute atomic E-state index is 0.0480. The monoisotopic (exact) mass is 505 g/mol. The van der Waals surface area contributed by atoms with Gasteiger partial charge in [-0.05, 0) is 48.6 Å². The first-order valence-electron chi connectivity index (χ1n) is 10.6. The van der Waals surface area contributed by atoms with Crippen molar-refractivity contribution in [3.05, 3.63) is 58.4 Å². The number of halogens is 3. The average Bonchev–Trinajstić information content (AvgIpc) is 3.59. The van der Waals surface area contributed by atoms with Crippen molar-refractivity contribution in [3.63, 3.8) is 0 Å². The number of hydrogen-bond acceptors (Lipinski definition) is 6. The Hall–Kier alpha value is -3.63. The standard InChI is InChI=1S/C22H18F3N5O4S/c23-16-2-4-18(28-35(32,33)30-10-22(11-30)5-6-22)15(8-26)20(16)34-13-1-3-17-14(7-13)21(31)29(12-27-17)9-19(24)25/h1-4,7,12,19,28H,5-6,9-11H2. The highest BCUT2D eigenvalue weighted by Gasteiger charge is 2.55. The largest absolute Gasteiger partial charge is 0.453 e. The molecule has 2 heterocycles. The number of rotatable bonds is 7. The Balaban J connectivity index is 1.46. The summed E-state index contributed by atoms with van der Waals surface area (Å²) in [6.07, 6.45) is 0.192. The van der Waals surface area contributed by atoms with Gasteiger partial charge in [-0.2, -0.15) is 18.0 Å². The fraction of sp³-hybridized carbons (Fsp3) is 0.318. The van der Waals surface area contributed by atoms with Gasteiger partial charge in [-0.3, -0.25) is 14.1 Å². The van der Waals surface area contributed by atoms with Crippen LogP contribution in [0.4, 0.5) is 18.9 Å². The van der Waals surface area contributed by atoms with Crippen molar-refractivity contribution in [1.82, 2.24) is 13.9 Å². The van der Waals surface area contributed by atoms with E-state index in [-0.39, 0.29) is 27.8 Å². The summed E-state index contributed by atoms with van der Waals surface area (Å²) >= 11 is 0. The zero-order valence-electron chi connectivity index (χ0n) is 18.0. The Morgan fingerprint density at radius 2 is 1.97 bits per heavy atom. The smallest absolute Gasteiger partial charge is 0.301 e. The number of nitriles is 1. The molecular weight excluding hydrogens is 487 g/mol. The lowest BCUT2D eigenvalue weighted by Crippen LogP contribution is -2.53. The molecule has 1 aliphatic heterocycles. The molecule has 0 amide bonds. The lowest BCUT2D eigenvalue weighted by Gasteiger charge is -2.38. The number of hydrogen-bond donors (Lipinski definition) is 1. The van der Waals surface area contributed by atoms with Crippen molar-refractivity contribution in [2.75, 3.05) is 17.8 Å². The molecule has 13 heteroatoms. The van der Waals surface area contributed by atoms with Crippen LogP contribution in [0.25, 0.3) is 10.9 Å². The number of nitrogens with one attached hydrogen (secondary N) is 1. The van der Waals surface area contributed by atoms with E-state index in [9.17, 15) is 31.6 Å². The number of anilines is 1. The van der Waals surface area contributed by atoms with Gasteiger partial charge in [0.25, 0.3) is 12.0 Å². The minimum Gasteiger partial charge on any atom is -0.453 e. The second-order valence-electron chi connectivity index (χ2n) is 8.66. The highest BCUT2D eigenvalue weighted by molar-refractivity contribution is 7.90. The summed E-state index contributed by atoms with van der Waals surface area (Å²) in [5.74, 6) is -1.56. The molecule has 1 N–H and O–H groups in total. The molecule has 182 valence electrons. The van der Waals surface area contributed by atoms with E-state index in [0.29, 0.717) is 13.1 Å². The molecule has 1 aliphatic carbocycles. The van der Waals surface area contributed by atoms with Crippen molar-refractivity contribution in [1.29, 1.82) is 5.26 Å². The van der Waals surface area contributed by atoms with Crippen LogP contribution in [0.3, 0.4) is 0 Å². The van der Waals surface area contributed by atoms with E-state index in [1.165, 1.54) is 22.5 Å². The van der Waals surface area contributed by atoms with Crippen molar-refractivity contribution in [2.45, 2.75) is 25.8 Å². The van der Waals surface area contributed by atoms with E-state index < -0.39 is 45.9 Å². The van der Waals surface area contributed by atoms with Crippen molar-refractivity contribution < 1.29 is 26.3 Å². The van der Waals surface area contributed by atoms with E-state index in [2.05, 4.69) is 9.71 Å². The molecule has 2 aromatic carbocycles. The molecule has 0 radical (unpaired) electrons. The molecule has 1 aromatic heterocycles. The van der Waals surface area contributed by atoms with Gasteiger partial charge in [-0.1, -0.05) is 0 Å². The van der Waals surface area contributed by atoms with Gasteiger partial charge in [0.1, 0.15) is 17.4 Å². The number of benzene rings is 2.